The summed E-state index contributed by atoms with van der Waals surface area (Å²) in [6.07, 6.45) is -0.126. The van der Waals surface area contributed by atoms with E-state index >= 15 is 0 Å². The van der Waals surface area contributed by atoms with Crippen LogP contribution in [0.4, 0.5) is 0 Å². The van der Waals surface area contributed by atoms with Crippen molar-refractivity contribution in [3.8, 4) is 0 Å². The second kappa shape index (κ2) is 5.53. The number of carbonyl (C=O) groups excluding carboxylic acids is 1. The summed E-state index contributed by atoms with van der Waals surface area (Å²) in [5.41, 5.74) is 0. The Morgan fingerprint density at radius 2 is 1.73 bits per heavy atom. The lowest BCUT2D eigenvalue weighted by molar-refractivity contribution is -0.361. The summed E-state index contributed by atoms with van der Waals surface area (Å²) < 4.78 is 0. The van der Waals surface area contributed by atoms with E-state index in [1.807, 2.05) is 6.92 Å². The van der Waals surface area contributed by atoms with Crippen molar-refractivity contribution in [3.63, 3.8) is 0 Å². The summed E-state index contributed by atoms with van der Waals surface area (Å²) in [5.74, 6) is -6.61. The third kappa shape index (κ3) is 3.51. The van der Waals surface area contributed by atoms with Gasteiger partial charge in [-0.3, -0.25) is 4.79 Å². The van der Waals surface area contributed by atoms with Crippen LogP contribution in [0.1, 0.15) is 32.6 Å². The van der Waals surface area contributed by atoms with Gasteiger partial charge in [-0.15, -0.1) is 0 Å². The third-order valence-electron chi connectivity index (χ3n) is 2.25. The van der Waals surface area contributed by atoms with Crippen molar-refractivity contribution in [2.45, 2.75) is 50.3 Å². The van der Waals surface area contributed by atoms with Crippen LogP contribution in [0.2, 0.25) is 0 Å². The molecule has 6 nitrogen and oxygen atoms in total. The Bertz CT molecular complexity index is 201. The van der Waals surface area contributed by atoms with Crippen molar-refractivity contribution < 1.29 is 30.3 Å². The zero-order valence-electron chi connectivity index (χ0n) is 8.63. The number of hydrogen-bond acceptors (Lipinski definition) is 6. The molecule has 1 unspecified atom stereocenters. The molecule has 0 saturated heterocycles. The Kier molecular flexibility index (Phi) is 5.33. The maximum atomic E-state index is 10.2. The summed E-state index contributed by atoms with van der Waals surface area (Å²) in [4.78, 5) is 10.2. The van der Waals surface area contributed by atoms with Crippen LogP contribution in [0.25, 0.3) is 0 Å². The average molecular weight is 222 g/mol. The molecule has 0 aromatic rings. The first kappa shape index (κ1) is 14.5. The third-order valence-corrected chi connectivity index (χ3v) is 2.25. The molecule has 0 aliphatic carbocycles. The molecule has 0 aromatic heterocycles. The van der Waals surface area contributed by atoms with Gasteiger partial charge in [-0.25, -0.2) is 0 Å². The highest BCUT2D eigenvalue weighted by Gasteiger charge is 2.52. The lowest BCUT2D eigenvalue weighted by Crippen LogP contribution is -2.62. The first-order chi connectivity index (χ1) is 6.79. The van der Waals surface area contributed by atoms with Crippen LogP contribution in [0.3, 0.4) is 0 Å². The van der Waals surface area contributed by atoms with E-state index in [1.54, 1.807) is 0 Å². The Hall–Kier alpha value is -0.530. The van der Waals surface area contributed by atoms with E-state index in [2.05, 4.69) is 0 Å². The zero-order valence-corrected chi connectivity index (χ0v) is 8.63. The molecule has 0 amide bonds. The molecule has 15 heavy (non-hydrogen) atoms. The molecule has 0 fully saturated rings. The number of hydrogen-bond donors (Lipinski definition) is 5. The summed E-state index contributed by atoms with van der Waals surface area (Å²) in [6, 6.07) is 0. The normalized spacial score (nSPS) is 15.1. The van der Waals surface area contributed by atoms with Crippen molar-refractivity contribution in [1.29, 1.82) is 0 Å². The highest BCUT2D eigenvalue weighted by Crippen LogP contribution is 2.22. The SMILES string of the molecule is CCCCCC(O)C(O)(O)C(O)(O)C=O. The monoisotopic (exact) mass is 222 g/mol. The molecule has 0 bridgehead atoms. The molecule has 0 rings (SSSR count). The molecule has 0 saturated carbocycles. The van der Waals surface area contributed by atoms with Crippen LogP contribution in [-0.4, -0.2) is 49.5 Å². The molecule has 1 atom stereocenters. The van der Waals surface area contributed by atoms with Gasteiger partial charge in [0.05, 0.1) is 0 Å². The van der Waals surface area contributed by atoms with Gasteiger partial charge in [0.1, 0.15) is 6.10 Å². The molecule has 6 heteroatoms. The number of rotatable bonds is 7. The Labute approximate surface area is 87.8 Å². The highest BCUT2D eigenvalue weighted by atomic mass is 16.6. The lowest BCUT2D eigenvalue weighted by Gasteiger charge is -2.34. The van der Waals surface area contributed by atoms with Gasteiger partial charge in [-0.1, -0.05) is 26.2 Å². The van der Waals surface area contributed by atoms with E-state index in [0.29, 0.717) is 6.42 Å². The number of carbonyl (C=O) groups is 1. The molecule has 5 N–H and O–H groups in total. The predicted molar refractivity (Wildman–Crippen MR) is 50.6 cm³/mol. The largest absolute Gasteiger partial charge is 0.387 e. The van der Waals surface area contributed by atoms with Gasteiger partial charge in [0.2, 0.25) is 0 Å². The van der Waals surface area contributed by atoms with Crippen molar-refractivity contribution in [2.24, 2.45) is 0 Å². The van der Waals surface area contributed by atoms with Crippen LogP contribution < -0.4 is 0 Å². The van der Waals surface area contributed by atoms with E-state index in [0.717, 1.165) is 12.8 Å². The smallest absolute Gasteiger partial charge is 0.279 e. The molecule has 0 aromatic carbocycles. The number of aldehydes is 1. The minimum atomic E-state index is -3.36. The Balaban J connectivity index is 4.37. The van der Waals surface area contributed by atoms with Crippen LogP contribution in [-0.2, 0) is 4.79 Å². The predicted octanol–water partition coefficient (Wildman–Crippen LogP) is -1.51. The number of aliphatic hydroxyl groups excluding tert-OH is 1. The molecule has 0 aliphatic rings. The fourth-order valence-electron chi connectivity index (χ4n) is 1.12. The highest BCUT2D eigenvalue weighted by molar-refractivity contribution is 5.61. The van der Waals surface area contributed by atoms with Gasteiger partial charge in [0.15, 0.2) is 6.29 Å². The van der Waals surface area contributed by atoms with Crippen LogP contribution in [0.15, 0.2) is 0 Å². The van der Waals surface area contributed by atoms with E-state index in [-0.39, 0.29) is 6.42 Å². The van der Waals surface area contributed by atoms with Crippen LogP contribution in [0.5, 0.6) is 0 Å². The van der Waals surface area contributed by atoms with Crippen molar-refractivity contribution in [1.82, 2.24) is 0 Å². The molecule has 0 heterocycles. The van der Waals surface area contributed by atoms with Crippen molar-refractivity contribution in [2.75, 3.05) is 0 Å². The van der Waals surface area contributed by atoms with Gasteiger partial charge in [-0.05, 0) is 6.42 Å². The molecular weight excluding hydrogens is 204 g/mol. The first-order valence-electron chi connectivity index (χ1n) is 4.83. The standard InChI is InChI=1S/C9H18O6/c1-2-3-4-5-7(11)9(14,15)8(12,13)6-10/h6-7,11-15H,2-5H2,1H3. The Morgan fingerprint density at radius 1 is 1.20 bits per heavy atom. The molecular formula is C9H18O6. The lowest BCUT2D eigenvalue weighted by atomic mass is 9.96. The average Bonchev–Trinajstić information content (AvgIpc) is 2.17. The number of aliphatic hydroxyl groups is 5. The quantitative estimate of drug-likeness (QED) is 0.203. The van der Waals surface area contributed by atoms with Gasteiger partial charge in [0, 0.05) is 0 Å². The summed E-state index contributed by atoms with van der Waals surface area (Å²) in [5, 5.41) is 45.5. The van der Waals surface area contributed by atoms with E-state index < -0.39 is 24.0 Å². The van der Waals surface area contributed by atoms with Gasteiger partial charge >= 0.3 is 0 Å². The van der Waals surface area contributed by atoms with Gasteiger partial charge in [0.25, 0.3) is 11.6 Å². The van der Waals surface area contributed by atoms with Gasteiger partial charge < -0.3 is 25.5 Å². The molecule has 0 spiro atoms. The maximum absolute atomic E-state index is 10.2. The number of unbranched alkanes of at least 4 members (excludes halogenated alkanes) is 2. The molecule has 0 aliphatic heterocycles. The van der Waals surface area contributed by atoms with Crippen molar-refractivity contribution in [3.05, 3.63) is 0 Å². The van der Waals surface area contributed by atoms with E-state index in [9.17, 15) is 20.1 Å². The van der Waals surface area contributed by atoms with Gasteiger partial charge in [-0.2, -0.15) is 0 Å². The topological polar surface area (TPSA) is 118 Å². The molecule has 0 radical (unpaired) electrons. The van der Waals surface area contributed by atoms with Crippen LogP contribution >= 0.6 is 0 Å². The van der Waals surface area contributed by atoms with E-state index in [4.69, 9.17) is 10.2 Å². The minimum Gasteiger partial charge on any atom is -0.387 e. The molecule has 90 valence electrons. The summed E-state index contributed by atoms with van der Waals surface area (Å²) in [6.45, 7) is 1.92. The maximum Gasteiger partial charge on any atom is 0.279 e. The second-order valence-corrected chi connectivity index (χ2v) is 3.58. The summed E-state index contributed by atoms with van der Waals surface area (Å²) >= 11 is 0. The van der Waals surface area contributed by atoms with Crippen LogP contribution in [0, 0.1) is 0 Å². The van der Waals surface area contributed by atoms with E-state index in [1.165, 1.54) is 0 Å². The van der Waals surface area contributed by atoms with Crippen molar-refractivity contribution >= 4 is 6.29 Å². The minimum absolute atomic E-state index is 0.0302. The second-order valence-electron chi connectivity index (χ2n) is 3.58. The fourth-order valence-corrected chi connectivity index (χ4v) is 1.12. The first-order valence-corrected chi connectivity index (χ1v) is 4.83. The fraction of sp³-hybridized carbons (Fsp3) is 0.889. The summed E-state index contributed by atoms with van der Waals surface area (Å²) in [7, 11) is 0. The zero-order chi connectivity index (χ0) is 12.1. The Morgan fingerprint density at radius 3 is 2.13 bits per heavy atom.